The molecule has 146 valence electrons. The van der Waals surface area contributed by atoms with Gasteiger partial charge in [-0.15, -0.1) is 0 Å². The minimum Gasteiger partial charge on any atom is -0.452 e. The predicted molar refractivity (Wildman–Crippen MR) is 113 cm³/mol. The molecule has 0 saturated heterocycles. The average molecular weight is 407 g/mol. The van der Waals surface area contributed by atoms with Gasteiger partial charge < -0.3 is 10.5 Å². The molecular weight excluding hydrogens is 388 g/mol. The maximum absolute atomic E-state index is 12.8. The molecule has 1 aromatic heterocycles. The fourth-order valence-electron chi connectivity index (χ4n) is 3.68. The van der Waals surface area contributed by atoms with Crippen molar-refractivity contribution in [3.8, 4) is 0 Å². The van der Waals surface area contributed by atoms with Crippen LogP contribution < -0.4 is 5.73 Å². The standard InChI is InChI=1S/C23H19ClN2O3/c24-16-10-8-14(9-11-16)12-15-4-3-6-18-21(23(28)29-13-20(25)27)17-5-1-2-7-19(17)26-22(15)18/h1-2,5,7-12H,3-4,6,13H2,(H2,25,27)/b15-12+. The number of hydrogen-bond donors (Lipinski definition) is 1. The Bertz CT molecular complexity index is 1140. The summed E-state index contributed by atoms with van der Waals surface area (Å²) in [5.41, 5.74) is 10.0. The second kappa shape index (κ2) is 8.05. The zero-order valence-electron chi connectivity index (χ0n) is 15.7. The first-order chi connectivity index (χ1) is 14.0. The number of pyridine rings is 1. The Labute approximate surface area is 173 Å². The SMILES string of the molecule is NC(=O)COC(=O)c1c2c(nc3ccccc13)/C(=C/c1ccc(Cl)cc1)CCC2. The summed E-state index contributed by atoms with van der Waals surface area (Å²) in [5.74, 6) is -1.24. The van der Waals surface area contributed by atoms with Gasteiger partial charge in [-0.1, -0.05) is 41.9 Å². The maximum Gasteiger partial charge on any atom is 0.339 e. The van der Waals surface area contributed by atoms with Gasteiger partial charge >= 0.3 is 5.97 Å². The number of allylic oxidation sites excluding steroid dienone is 1. The van der Waals surface area contributed by atoms with Crippen LogP contribution in [0.3, 0.4) is 0 Å². The number of carbonyl (C=O) groups excluding carboxylic acids is 2. The molecule has 0 bridgehead atoms. The molecule has 1 aliphatic carbocycles. The second-order valence-corrected chi connectivity index (χ2v) is 7.38. The van der Waals surface area contributed by atoms with E-state index in [1.807, 2.05) is 48.5 Å². The van der Waals surface area contributed by atoms with Crippen LogP contribution in [0, 0.1) is 0 Å². The molecule has 1 amide bonds. The third kappa shape index (κ3) is 4.00. The van der Waals surface area contributed by atoms with E-state index < -0.39 is 18.5 Å². The monoisotopic (exact) mass is 406 g/mol. The number of carbonyl (C=O) groups is 2. The highest BCUT2D eigenvalue weighted by molar-refractivity contribution is 6.30. The Hall–Kier alpha value is -3.18. The predicted octanol–water partition coefficient (Wildman–Crippen LogP) is 4.41. The van der Waals surface area contributed by atoms with Crippen LogP contribution in [0.1, 0.15) is 40.0 Å². The lowest BCUT2D eigenvalue weighted by Crippen LogP contribution is -2.22. The molecule has 6 heteroatoms. The van der Waals surface area contributed by atoms with Crippen molar-refractivity contribution < 1.29 is 14.3 Å². The van der Waals surface area contributed by atoms with Gasteiger partial charge in [0.15, 0.2) is 6.61 Å². The smallest absolute Gasteiger partial charge is 0.339 e. The van der Waals surface area contributed by atoms with Crippen LogP contribution >= 0.6 is 11.6 Å². The van der Waals surface area contributed by atoms with E-state index >= 15 is 0 Å². The molecule has 1 aliphatic rings. The number of amides is 1. The number of nitrogens with zero attached hydrogens (tertiary/aromatic N) is 1. The van der Waals surface area contributed by atoms with Gasteiger partial charge in [0.1, 0.15) is 0 Å². The average Bonchev–Trinajstić information content (AvgIpc) is 2.72. The van der Waals surface area contributed by atoms with Crippen LogP contribution in [0.25, 0.3) is 22.6 Å². The number of halogens is 1. The van der Waals surface area contributed by atoms with Gasteiger partial charge in [-0.05, 0) is 60.2 Å². The number of rotatable bonds is 4. The van der Waals surface area contributed by atoms with E-state index in [0.29, 0.717) is 27.9 Å². The fourth-order valence-corrected chi connectivity index (χ4v) is 3.80. The number of nitrogens with two attached hydrogens (primary N) is 1. The van der Waals surface area contributed by atoms with E-state index in [1.165, 1.54) is 0 Å². The lowest BCUT2D eigenvalue weighted by molar-refractivity contribution is -0.121. The van der Waals surface area contributed by atoms with E-state index in [9.17, 15) is 9.59 Å². The van der Waals surface area contributed by atoms with Gasteiger partial charge in [-0.3, -0.25) is 4.79 Å². The number of esters is 1. The number of primary amides is 1. The normalized spacial score (nSPS) is 14.6. The Balaban J connectivity index is 1.87. The minimum absolute atomic E-state index is 0.447. The Morgan fingerprint density at radius 1 is 1.10 bits per heavy atom. The fraction of sp³-hybridized carbons (Fsp3) is 0.174. The number of ether oxygens (including phenoxy) is 1. The van der Waals surface area contributed by atoms with E-state index in [4.69, 9.17) is 27.1 Å². The van der Waals surface area contributed by atoms with E-state index in [0.717, 1.165) is 35.2 Å². The van der Waals surface area contributed by atoms with Gasteiger partial charge in [-0.2, -0.15) is 0 Å². The van der Waals surface area contributed by atoms with Crippen LogP contribution in [0.15, 0.2) is 48.5 Å². The van der Waals surface area contributed by atoms with E-state index in [1.54, 1.807) is 0 Å². The van der Waals surface area contributed by atoms with Crippen molar-refractivity contribution in [3.05, 3.63) is 75.9 Å². The lowest BCUT2D eigenvalue weighted by atomic mass is 9.86. The van der Waals surface area contributed by atoms with Crippen LogP contribution in [0.2, 0.25) is 5.02 Å². The first-order valence-corrected chi connectivity index (χ1v) is 9.74. The van der Waals surface area contributed by atoms with Crippen molar-refractivity contribution in [2.75, 3.05) is 6.61 Å². The number of benzene rings is 2. The number of aromatic nitrogens is 1. The summed E-state index contributed by atoms with van der Waals surface area (Å²) in [4.78, 5) is 28.8. The summed E-state index contributed by atoms with van der Waals surface area (Å²) < 4.78 is 5.16. The summed E-state index contributed by atoms with van der Waals surface area (Å²) in [6, 6.07) is 15.0. The molecule has 2 N–H and O–H groups in total. The molecule has 0 fully saturated rings. The largest absolute Gasteiger partial charge is 0.452 e. The van der Waals surface area contributed by atoms with Gasteiger partial charge in [0, 0.05) is 10.4 Å². The Morgan fingerprint density at radius 3 is 2.62 bits per heavy atom. The molecule has 0 spiro atoms. The highest BCUT2D eigenvalue weighted by Gasteiger charge is 2.26. The van der Waals surface area contributed by atoms with Crippen molar-refractivity contribution >= 4 is 46.0 Å². The van der Waals surface area contributed by atoms with E-state index in [2.05, 4.69) is 6.08 Å². The van der Waals surface area contributed by atoms with Crippen molar-refractivity contribution in [1.82, 2.24) is 4.98 Å². The van der Waals surface area contributed by atoms with Crippen LogP contribution in [-0.4, -0.2) is 23.5 Å². The molecule has 29 heavy (non-hydrogen) atoms. The third-order valence-corrected chi connectivity index (χ3v) is 5.18. The molecule has 0 saturated carbocycles. The van der Waals surface area contributed by atoms with Gasteiger partial charge in [-0.25, -0.2) is 9.78 Å². The maximum atomic E-state index is 12.8. The lowest BCUT2D eigenvalue weighted by Gasteiger charge is -2.22. The van der Waals surface area contributed by atoms with E-state index in [-0.39, 0.29) is 0 Å². The zero-order chi connectivity index (χ0) is 20.4. The molecule has 0 radical (unpaired) electrons. The number of fused-ring (bicyclic) bond motifs is 2. The molecule has 5 nitrogen and oxygen atoms in total. The molecule has 3 aromatic rings. The molecular formula is C23H19ClN2O3. The summed E-state index contributed by atoms with van der Waals surface area (Å²) in [7, 11) is 0. The Morgan fingerprint density at radius 2 is 1.86 bits per heavy atom. The molecule has 0 aliphatic heterocycles. The minimum atomic E-state index is -0.686. The quantitative estimate of drug-likeness (QED) is 0.650. The summed E-state index contributed by atoms with van der Waals surface area (Å²) in [5, 5.41) is 1.40. The summed E-state index contributed by atoms with van der Waals surface area (Å²) in [6.45, 7) is -0.447. The highest BCUT2D eigenvalue weighted by atomic mass is 35.5. The van der Waals surface area contributed by atoms with Crippen molar-refractivity contribution in [3.63, 3.8) is 0 Å². The topological polar surface area (TPSA) is 82.3 Å². The third-order valence-electron chi connectivity index (χ3n) is 4.93. The van der Waals surface area contributed by atoms with Crippen molar-refractivity contribution in [1.29, 1.82) is 0 Å². The highest BCUT2D eigenvalue weighted by Crippen LogP contribution is 2.36. The number of para-hydroxylation sites is 1. The van der Waals surface area contributed by atoms with Crippen LogP contribution in [-0.2, 0) is 16.0 Å². The number of hydrogen-bond acceptors (Lipinski definition) is 4. The molecule has 2 aromatic carbocycles. The first kappa shape index (κ1) is 19.2. The second-order valence-electron chi connectivity index (χ2n) is 6.95. The molecule has 0 unspecified atom stereocenters. The molecule has 0 atom stereocenters. The molecule has 4 rings (SSSR count). The summed E-state index contributed by atoms with van der Waals surface area (Å²) >= 11 is 5.99. The van der Waals surface area contributed by atoms with Crippen molar-refractivity contribution in [2.24, 2.45) is 5.73 Å². The van der Waals surface area contributed by atoms with Crippen molar-refractivity contribution in [2.45, 2.75) is 19.3 Å². The molecule has 1 heterocycles. The van der Waals surface area contributed by atoms with Gasteiger partial charge in [0.2, 0.25) is 0 Å². The summed E-state index contributed by atoms with van der Waals surface area (Å²) in [6.07, 6.45) is 4.54. The van der Waals surface area contributed by atoms with Gasteiger partial charge in [0.05, 0.1) is 16.8 Å². The first-order valence-electron chi connectivity index (χ1n) is 9.36. The van der Waals surface area contributed by atoms with Crippen LogP contribution in [0.5, 0.6) is 0 Å². The van der Waals surface area contributed by atoms with Gasteiger partial charge in [0.25, 0.3) is 5.91 Å². The van der Waals surface area contributed by atoms with Crippen LogP contribution in [0.4, 0.5) is 0 Å². The Kier molecular flexibility index (Phi) is 5.32. The zero-order valence-corrected chi connectivity index (χ0v) is 16.4.